The molecule has 0 aliphatic heterocycles. The first-order chi connectivity index (χ1) is 21.1. The minimum atomic E-state index is -1.31. The summed E-state index contributed by atoms with van der Waals surface area (Å²) in [5.41, 5.74) is 1.51. The van der Waals surface area contributed by atoms with Gasteiger partial charge in [-0.2, -0.15) is 0 Å². The van der Waals surface area contributed by atoms with Crippen LogP contribution in [-0.4, -0.2) is 39.2 Å². The minimum absolute atomic E-state index is 0.0375. The van der Waals surface area contributed by atoms with Crippen LogP contribution in [0, 0.1) is 0 Å². The van der Waals surface area contributed by atoms with Gasteiger partial charge in [0, 0.05) is 26.3 Å². The molecule has 1 atom stereocenters. The number of nitrogens with one attached hydrogen (secondary N) is 3. The Kier molecular flexibility index (Phi) is 11.0. The molecule has 1 unspecified atom stereocenters. The lowest BCUT2D eigenvalue weighted by molar-refractivity contribution is -0.116. The van der Waals surface area contributed by atoms with Crippen molar-refractivity contribution in [3.63, 3.8) is 0 Å². The zero-order chi connectivity index (χ0) is 31.6. The number of halogens is 1. The van der Waals surface area contributed by atoms with Gasteiger partial charge in [0.05, 0.1) is 5.25 Å². The minimum Gasteiger partial charge on any atom is -0.507 e. The van der Waals surface area contributed by atoms with Crippen molar-refractivity contribution in [2.75, 3.05) is 10.6 Å². The van der Waals surface area contributed by atoms with Crippen LogP contribution in [0.1, 0.15) is 39.6 Å². The molecule has 5 N–H and O–H groups in total. The molecule has 4 rings (SSSR count). The highest BCUT2D eigenvalue weighted by molar-refractivity contribution is 9.10. The zero-order valence-electron chi connectivity index (χ0n) is 23.4. The second-order valence-corrected chi connectivity index (χ2v) is 11.6. The second-order valence-electron chi connectivity index (χ2n) is 9.46. The first kappa shape index (κ1) is 32.1. The smallest absolute Gasteiger partial charge is 0.339 e. The van der Waals surface area contributed by atoms with E-state index in [2.05, 4.69) is 31.9 Å². The summed E-state index contributed by atoms with van der Waals surface area (Å²) in [7, 11) is 0. The van der Waals surface area contributed by atoms with Crippen LogP contribution in [0.5, 0.6) is 5.75 Å². The lowest BCUT2D eigenvalue weighted by Crippen LogP contribution is -2.30. The SMILES string of the molecule is CCC(Sc1cccc(NC(=O)/C(=C\c2cccc(Br)c2)NC(=O)c2ccccc2)c1)C(=O)Nc1ccc(O)c(C(=O)O)c1. The number of amides is 3. The van der Waals surface area contributed by atoms with Crippen LogP contribution in [0.2, 0.25) is 0 Å². The summed E-state index contributed by atoms with van der Waals surface area (Å²) in [5, 5.41) is 26.7. The van der Waals surface area contributed by atoms with E-state index in [-0.39, 0.29) is 22.9 Å². The van der Waals surface area contributed by atoms with E-state index in [9.17, 15) is 29.4 Å². The van der Waals surface area contributed by atoms with Gasteiger partial charge in [0.2, 0.25) is 5.91 Å². The largest absolute Gasteiger partial charge is 0.507 e. The number of hydrogen-bond acceptors (Lipinski definition) is 6. The average Bonchev–Trinajstić information content (AvgIpc) is 3.01. The lowest BCUT2D eigenvalue weighted by Gasteiger charge is -2.16. The summed E-state index contributed by atoms with van der Waals surface area (Å²) in [6, 6.07) is 26.6. The number of anilines is 2. The van der Waals surface area contributed by atoms with Gasteiger partial charge in [-0.3, -0.25) is 14.4 Å². The molecule has 0 bridgehead atoms. The van der Waals surface area contributed by atoms with Crippen LogP contribution in [0.4, 0.5) is 11.4 Å². The highest BCUT2D eigenvalue weighted by atomic mass is 79.9. The van der Waals surface area contributed by atoms with Gasteiger partial charge in [-0.15, -0.1) is 11.8 Å². The fourth-order valence-corrected chi connectivity index (χ4v) is 5.48. The van der Waals surface area contributed by atoms with Crippen LogP contribution >= 0.6 is 27.7 Å². The molecular formula is C33H28BrN3O6S. The Hall–Kier alpha value is -4.87. The molecule has 0 radical (unpaired) electrons. The first-order valence-corrected chi connectivity index (χ1v) is 15.1. The Morgan fingerprint density at radius 2 is 1.59 bits per heavy atom. The number of benzene rings is 4. The van der Waals surface area contributed by atoms with Crippen LogP contribution < -0.4 is 16.0 Å². The molecule has 0 aliphatic rings. The fraction of sp³-hybridized carbons (Fsp3) is 0.0909. The van der Waals surface area contributed by atoms with E-state index >= 15 is 0 Å². The number of carbonyl (C=O) groups is 4. The third-order valence-corrected chi connectivity index (χ3v) is 8.07. The Labute approximate surface area is 266 Å². The van der Waals surface area contributed by atoms with Gasteiger partial charge in [-0.25, -0.2) is 4.79 Å². The van der Waals surface area contributed by atoms with Crippen LogP contribution in [0.15, 0.2) is 112 Å². The molecule has 0 fully saturated rings. The predicted molar refractivity (Wildman–Crippen MR) is 175 cm³/mol. The Bertz CT molecular complexity index is 1730. The summed E-state index contributed by atoms with van der Waals surface area (Å²) in [4.78, 5) is 51.4. The molecular weight excluding hydrogens is 646 g/mol. The van der Waals surface area contributed by atoms with E-state index < -0.39 is 28.8 Å². The molecule has 9 nitrogen and oxygen atoms in total. The van der Waals surface area contributed by atoms with Crippen LogP contribution in [-0.2, 0) is 9.59 Å². The van der Waals surface area contributed by atoms with Gasteiger partial charge in [0.1, 0.15) is 17.0 Å². The van der Waals surface area contributed by atoms with E-state index in [1.54, 1.807) is 66.7 Å². The first-order valence-electron chi connectivity index (χ1n) is 13.4. The third-order valence-electron chi connectivity index (χ3n) is 6.22. The van der Waals surface area contributed by atoms with E-state index in [0.29, 0.717) is 28.1 Å². The number of hydrogen-bond donors (Lipinski definition) is 5. The van der Waals surface area contributed by atoms with Gasteiger partial charge >= 0.3 is 5.97 Å². The Balaban J connectivity index is 1.50. The number of thioether (sulfide) groups is 1. The van der Waals surface area contributed by atoms with Crippen molar-refractivity contribution in [3.05, 3.63) is 124 Å². The Morgan fingerprint density at radius 3 is 2.30 bits per heavy atom. The summed E-state index contributed by atoms with van der Waals surface area (Å²) in [5.74, 6) is -3.04. The van der Waals surface area contributed by atoms with Crippen molar-refractivity contribution >= 4 is 68.8 Å². The Morgan fingerprint density at radius 1 is 0.864 bits per heavy atom. The molecule has 4 aromatic rings. The van der Waals surface area contributed by atoms with E-state index in [0.717, 1.165) is 4.47 Å². The van der Waals surface area contributed by atoms with Crippen LogP contribution in [0.25, 0.3) is 6.08 Å². The molecule has 0 spiro atoms. The number of carboxylic acids is 1. The maximum Gasteiger partial charge on any atom is 0.339 e. The number of phenols is 1. The number of aromatic carboxylic acids is 1. The summed E-state index contributed by atoms with van der Waals surface area (Å²) in [6.45, 7) is 1.84. The number of rotatable bonds is 11. The number of carbonyl (C=O) groups excluding carboxylic acids is 3. The molecule has 0 aliphatic carbocycles. The van der Waals surface area contributed by atoms with E-state index in [1.807, 2.05) is 25.1 Å². The van der Waals surface area contributed by atoms with Crippen LogP contribution in [0.3, 0.4) is 0 Å². The van der Waals surface area contributed by atoms with Gasteiger partial charge in [0.25, 0.3) is 11.8 Å². The highest BCUT2D eigenvalue weighted by Gasteiger charge is 2.20. The number of aromatic hydroxyl groups is 1. The highest BCUT2D eigenvalue weighted by Crippen LogP contribution is 2.29. The molecule has 0 aromatic heterocycles. The van der Waals surface area contributed by atoms with Gasteiger partial charge in [-0.05, 0) is 78.7 Å². The van der Waals surface area contributed by atoms with Gasteiger partial charge in [0.15, 0.2) is 0 Å². The lowest BCUT2D eigenvalue weighted by atomic mass is 10.1. The summed E-state index contributed by atoms with van der Waals surface area (Å²) < 4.78 is 0.812. The quantitative estimate of drug-likeness (QED) is 0.0671. The summed E-state index contributed by atoms with van der Waals surface area (Å²) >= 11 is 4.70. The predicted octanol–water partition coefficient (Wildman–Crippen LogP) is 6.77. The maximum atomic E-state index is 13.4. The van der Waals surface area contributed by atoms with Crippen molar-refractivity contribution in [2.45, 2.75) is 23.5 Å². The van der Waals surface area contributed by atoms with Gasteiger partial charge in [-0.1, -0.05) is 59.3 Å². The molecule has 224 valence electrons. The number of carboxylic acid groups (broad SMARTS) is 1. The maximum absolute atomic E-state index is 13.4. The monoisotopic (exact) mass is 673 g/mol. The molecule has 0 heterocycles. The standard InChI is InChI=1S/C33H28BrN3O6S/c1-2-29(32(41)36-24-14-15-28(38)26(19-24)33(42)43)44-25-13-7-12-23(18-25)35-31(40)27(17-20-8-6-11-22(34)16-20)37-30(39)21-9-4-3-5-10-21/h3-19,29,38H,2H2,1H3,(H,35,40)(H,36,41)(H,37,39)(H,42,43)/b27-17+. The normalized spacial score (nSPS) is 11.7. The molecule has 0 saturated heterocycles. The molecule has 0 saturated carbocycles. The molecule has 3 amide bonds. The molecule has 4 aromatic carbocycles. The molecule has 44 heavy (non-hydrogen) atoms. The fourth-order valence-electron chi connectivity index (χ4n) is 4.05. The molecule has 11 heteroatoms. The second kappa shape index (κ2) is 15.0. The van der Waals surface area contributed by atoms with E-state index in [1.165, 1.54) is 30.0 Å². The average molecular weight is 675 g/mol. The van der Waals surface area contributed by atoms with Crippen molar-refractivity contribution < 1.29 is 29.4 Å². The third kappa shape index (κ3) is 8.82. The van der Waals surface area contributed by atoms with Crippen molar-refractivity contribution in [3.8, 4) is 5.75 Å². The van der Waals surface area contributed by atoms with E-state index in [4.69, 9.17) is 0 Å². The topological polar surface area (TPSA) is 145 Å². The van der Waals surface area contributed by atoms with Crippen molar-refractivity contribution in [2.24, 2.45) is 0 Å². The summed E-state index contributed by atoms with van der Waals surface area (Å²) in [6.07, 6.45) is 2.04. The zero-order valence-corrected chi connectivity index (χ0v) is 25.8. The van der Waals surface area contributed by atoms with Crippen molar-refractivity contribution in [1.29, 1.82) is 0 Å². The van der Waals surface area contributed by atoms with Crippen molar-refractivity contribution in [1.82, 2.24) is 5.32 Å². The van der Waals surface area contributed by atoms with Gasteiger partial charge < -0.3 is 26.2 Å².